The number of carbonyl (C=O) groups excluding carboxylic acids is 1. The van der Waals surface area contributed by atoms with Gasteiger partial charge in [-0.2, -0.15) is 5.10 Å². The lowest BCUT2D eigenvalue weighted by atomic mass is 10.1. The Bertz CT molecular complexity index is 1400. The number of nitrogen functional groups attached to an aromatic ring is 1. The van der Waals surface area contributed by atoms with Crippen LogP contribution in [0.2, 0.25) is 0 Å². The molecule has 5 N–H and O–H groups in total. The van der Waals surface area contributed by atoms with Crippen molar-refractivity contribution >= 4 is 34.3 Å². The first-order valence-electron chi connectivity index (χ1n) is 11.5. The van der Waals surface area contributed by atoms with E-state index < -0.39 is 11.6 Å². The van der Waals surface area contributed by atoms with E-state index >= 15 is 0 Å². The maximum absolute atomic E-state index is 14.0. The fraction of sp³-hybridized carbons (Fsp3) is 0.240. The maximum atomic E-state index is 14.0. The molecule has 36 heavy (non-hydrogen) atoms. The molecule has 0 bridgehead atoms. The number of hydrogen-bond acceptors (Lipinski definition) is 7. The van der Waals surface area contributed by atoms with E-state index in [1.165, 1.54) is 16.0 Å². The first-order chi connectivity index (χ1) is 17.4. The van der Waals surface area contributed by atoms with Gasteiger partial charge in [0.1, 0.15) is 22.3 Å². The van der Waals surface area contributed by atoms with Crippen LogP contribution in [0.1, 0.15) is 28.9 Å². The van der Waals surface area contributed by atoms with E-state index in [2.05, 4.69) is 20.3 Å². The molecule has 1 aliphatic rings. The van der Waals surface area contributed by atoms with Gasteiger partial charge in [0.05, 0.1) is 24.1 Å². The summed E-state index contributed by atoms with van der Waals surface area (Å²) >= 11 is 1.29. The summed E-state index contributed by atoms with van der Waals surface area (Å²) in [7, 11) is 0. The van der Waals surface area contributed by atoms with E-state index in [0.717, 1.165) is 43.3 Å². The van der Waals surface area contributed by atoms with E-state index in [4.69, 9.17) is 11.5 Å². The smallest absolute Gasteiger partial charge is 0.275 e. The molecule has 0 spiro atoms. The Hall–Kier alpha value is -3.83. The zero-order valence-electron chi connectivity index (χ0n) is 19.3. The van der Waals surface area contributed by atoms with Crippen LogP contribution in [-0.2, 0) is 6.54 Å². The number of thiazole rings is 1. The van der Waals surface area contributed by atoms with Crippen LogP contribution in [0.5, 0.6) is 0 Å². The fourth-order valence-corrected chi connectivity index (χ4v) is 5.03. The second kappa shape index (κ2) is 10.0. The number of anilines is 3. The molecule has 11 heteroatoms. The summed E-state index contributed by atoms with van der Waals surface area (Å²) < 4.78 is 28.9. The third kappa shape index (κ3) is 5.21. The largest absolute Gasteiger partial charge is 0.399 e. The molecule has 1 saturated heterocycles. The molecule has 0 radical (unpaired) electrons. The van der Waals surface area contributed by atoms with Gasteiger partial charge in [0.25, 0.3) is 5.91 Å². The Morgan fingerprint density at radius 3 is 2.92 bits per heavy atom. The Morgan fingerprint density at radius 1 is 1.22 bits per heavy atom. The molecule has 1 amide bonds. The van der Waals surface area contributed by atoms with E-state index in [1.54, 1.807) is 29.9 Å². The van der Waals surface area contributed by atoms with Crippen molar-refractivity contribution in [3.63, 3.8) is 0 Å². The zero-order valence-corrected chi connectivity index (χ0v) is 20.1. The second-order valence-electron chi connectivity index (χ2n) is 8.78. The topological polar surface area (TPSA) is 115 Å². The maximum Gasteiger partial charge on any atom is 0.275 e. The molecule has 1 aliphatic heterocycles. The average Bonchev–Trinajstić information content (AvgIpc) is 3.51. The van der Waals surface area contributed by atoms with Crippen molar-refractivity contribution < 1.29 is 13.6 Å². The first kappa shape index (κ1) is 23.9. The van der Waals surface area contributed by atoms with E-state index in [0.29, 0.717) is 28.5 Å². The van der Waals surface area contributed by atoms with Gasteiger partial charge in [0.15, 0.2) is 0 Å². The molecular formula is C25H25F2N7OS. The average molecular weight is 510 g/mol. The fourth-order valence-electron chi connectivity index (χ4n) is 4.25. The highest BCUT2D eigenvalue weighted by Crippen LogP contribution is 2.31. The number of nitrogens with zero attached hydrogens (tertiary/aromatic N) is 4. The number of hydrogen-bond donors (Lipinski definition) is 3. The summed E-state index contributed by atoms with van der Waals surface area (Å²) in [5, 5.41) is 9.41. The van der Waals surface area contributed by atoms with Crippen LogP contribution in [0, 0.1) is 11.6 Å². The normalized spacial score (nSPS) is 15.8. The van der Waals surface area contributed by atoms with Gasteiger partial charge < -0.3 is 21.7 Å². The predicted molar refractivity (Wildman–Crippen MR) is 137 cm³/mol. The summed E-state index contributed by atoms with van der Waals surface area (Å²) in [5.74, 6) is -1.38. The van der Waals surface area contributed by atoms with Crippen LogP contribution in [-0.4, -0.2) is 39.8 Å². The lowest BCUT2D eigenvalue weighted by molar-refractivity contribution is 0.102. The Balaban J connectivity index is 1.31. The molecule has 5 rings (SSSR count). The van der Waals surface area contributed by atoms with Crippen molar-refractivity contribution in [1.29, 1.82) is 0 Å². The number of nitrogens with one attached hydrogen (secondary N) is 1. The number of aromatic nitrogens is 3. The summed E-state index contributed by atoms with van der Waals surface area (Å²) in [6.45, 7) is 1.63. The van der Waals surface area contributed by atoms with Crippen molar-refractivity contribution in [2.45, 2.75) is 25.4 Å². The number of rotatable bonds is 6. The number of benzene rings is 2. The molecule has 1 fully saturated rings. The third-order valence-electron chi connectivity index (χ3n) is 6.02. The van der Waals surface area contributed by atoms with Crippen LogP contribution in [0.15, 0.2) is 54.2 Å². The molecule has 2 aromatic heterocycles. The Morgan fingerprint density at radius 2 is 2.08 bits per heavy atom. The molecule has 186 valence electrons. The highest BCUT2D eigenvalue weighted by Gasteiger charge is 2.21. The van der Waals surface area contributed by atoms with Crippen molar-refractivity contribution in [2.24, 2.45) is 5.73 Å². The third-order valence-corrected chi connectivity index (χ3v) is 6.92. The van der Waals surface area contributed by atoms with Crippen LogP contribution in [0.25, 0.3) is 10.6 Å². The first-order valence-corrected chi connectivity index (χ1v) is 12.4. The van der Waals surface area contributed by atoms with Gasteiger partial charge in [-0.15, -0.1) is 11.3 Å². The minimum Gasteiger partial charge on any atom is -0.399 e. The zero-order chi connectivity index (χ0) is 25.2. The van der Waals surface area contributed by atoms with Crippen LogP contribution >= 0.6 is 11.3 Å². The molecule has 0 saturated carbocycles. The summed E-state index contributed by atoms with van der Waals surface area (Å²) in [5.41, 5.74) is 15.3. The standard InChI is InChI=1S/C25H25F2N7OS/c26-17-3-5-20(27)15(8-17)11-34-12-16(10-30-34)25-32-22(14-36-25)24(35)31-21-9-18(28)4-6-23(21)33-7-1-2-19(29)13-33/h3-6,8-10,12,14,19H,1-2,7,11,13,28-29H2,(H,31,35)/t19-/m1/s1. The van der Waals surface area contributed by atoms with Gasteiger partial charge in [0.2, 0.25) is 0 Å². The number of piperidine rings is 1. The minimum absolute atomic E-state index is 0.0701. The van der Waals surface area contributed by atoms with Gasteiger partial charge in [0, 0.05) is 47.5 Å². The summed E-state index contributed by atoms with van der Waals surface area (Å²) in [4.78, 5) is 19.7. The van der Waals surface area contributed by atoms with Crippen LogP contribution in [0.3, 0.4) is 0 Å². The van der Waals surface area contributed by atoms with Gasteiger partial charge in [-0.3, -0.25) is 9.48 Å². The molecule has 3 heterocycles. The van der Waals surface area contributed by atoms with Crippen molar-refractivity contribution in [3.8, 4) is 10.6 Å². The summed E-state index contributed by atoms with van der Waals surface area (Å²) in [6, 6.07) is 8.82. The van der Waals surface area contributed by atoms with E-state index in [9.17, 15) is 13.6 Å². The Labute approximate surface area is 210 Å². The molecule has 8 nitrogen and oxygen atoms in total. The number of amides is 1. The Kier molecular flexibility index (Phi) is 6.66. The predicted octanol–water partition coefficient (Wildman–Crippen LogP) is 4.10. The monoisotopic (exact) mass is 509 g/mol. The minimum atomic E-state index is -0.513. The van der Waals surface area contributed by atoms with Crippen LogP contribution in [0.4, 0.5) is 25.8 Å². The highest BCUT2D eigenvalue weighted by atomic mass is 32.1. The molecule has 1 atom stereocenters. The number of carbonyl (C=O) groups is 1. The molecule has 0 aliphatic carbocycles. The van der Waals surface area contributed by atoms with Crippen molar-refractivity contribution in [3.05, 3.63) is 77.1 Å². The van der Waals surface area contributed by atoms with Crippen molar-refractivity contribution in [1.82, 2.24) is 14.8 Å². The van der Waals surface area contributed by atoms with Crippen molar-refractivity contribution in [2.75, 3.05) is 29.0 Å². The molecule has 0 unspecified atom stereocenters. The van der Waals surface area contributed by atoms with Crippen LogP contribution < -0.4 is 21.7 Å². The second-order valence-corrected chi connectivity index (χ2v) is 9.64. The lowest BCUT2D eigenvalue weighted by Gasteiger charge is -2.34. The van der Waals surface area contributed by atoms with Gasteiger partial charge in [-0.25, -0.2) is 13.8 Å². The highest BCUT2D eigenvalue weighted by molar-refractivity contribution is 7.13. The van der Waals surface area contributed by atoms with E-state index in [-0.39, 0.29) is 29.8 Å². The summed E-state index contributed by atoms with van der Waals surface area (Å²) in [6.07, 6.45) is 5.21. The lowest BCUT2D eigenvalue weighted by Crippen LogP contribution is -2.43. The molecular weight excluding hydrogens is 484 g/mol. The van der Waals surface area contributed by atoms with Gasteiger partial charge in [-0.05, 0) is 49.2 Å². The number of halogens is 2. The van der Waals surface area contributed by atoms with Gasteiger partial charge in [-0.1, -0.05) is 0 Å². The van der Waals surface area contributed by atoms with Gasteiger partial charge >= 0.3 is 0 Å². The molecule has 2 aromatic carbocycles. The quantitative estimate of drug-likeness (QED) is 0.337. The van der Waals surface area contributed by atoms with E-state index in [1.807, 2.05) is 6.07 Å². The number of nitrogens with two attached hydrogens (primary N) is 2. The molecule has 4 aromatic rings. The SMILES string of the molecule is Nc1ccc(N2CCC[C@@H](N)C2)c(NC(=O)c2csc(-c3cnn(Cc4cc(F)ccc4F)c3)n2)c1.